The molecule has 5 heterocycles. The number of carbonyl (C=O) groups is 1. The standard InChI is InChI=1S/C25H24F3N7O2/c1-13(15-4-3-5-16(19(15)26)20(27)28)31-21-17-8-18(24(36)34-7-6-25(9-34)10-37-11-25)22-29-12-30-35(22)23(17)33-14(2)32-21/h3-5,8,12-13,20H,6-7,9-11H2,1-2H3,(H,31,32,33)/t13-/m1/s1. The molecule has 0 saturated carbocycles. The van der Waals surface area contributed by atoms with Crippen molar-refractivity contribution in [3.05, 3.63) is 58.9 Å². The zero-order valence-corrected chi connectivity index (χ0v) is 20.2. The Bertz CT molecular complexity index is 1540. The second kappa shape index (κ2) is 8.65. The van der Waals surface area contributed by atoms with E-state index in [-0.39, 0.29) is 16.9 Å². The van der Waals surface area contributed by atoms with Gasteiger partial charge in [0.15, 0.2) is 11.3 Å². The highest BCUT2D eigenvalue weighted by Crippen LogP contribution is 2.38. The van der Waals surface area contributed by atoms with Gasteiger partial charge in [0.25, 0.3) is 12.3 Å². The van der Waals surface area contributed by atoms with Gasteiger partial charge in [-0.05, 0) is 26.3 Å². The fourth-order valence-corrected chi connectivity index (χ4v) is 5.18. The molecule has 0 unspecified atom stereocenters. The van der Waals surface area contributed by atoms with E-state index in [4.69, 9.17) is 4.74 Å². The predicted molar refractivity (Wildman–Crippen MR) is 128 cm³/mol. The van der Waals surface area contributed by atoms with Crippen LogP contribution in [-0.2, 0) is 4.74 Å². The van der Waals surface area contributed by atoms with Crippen LogP contribution in [0.2, 0.25) is 0 Å². The molecule has 1 N–H and O–H groups in total. The third-order valence-corrected chi connectivity index (χ3v) is 7.20. The molecule has 2 aliphatic rings. The summed E-state index contributed by atoms with van der Waals surface area (Å²) < 4.78 is 48.2. The first kappa shape index (κ1) is 23.6. The molecule has 2 saturated heterocycles. The zero-order valence-electron chi connectivity index (χ0n) is 20.2. The van der Waals surface area contributed by atoms with Crippen molar-refractivity contribution in [3.63, 3.8) is 0 Å². The predicted octanol–water partition coefficient (Wildman–Crippen LogP) is 4.09. The van der Waals surface area contributed by atoms with Crippen LogP contribution in [0, 0.1) is 18.2 Å². The van der Waals surface area contributed by atoms with Crippen molar-refractivity contribution in [1.29, 1.82) is 0 Å². The molecule has 1 aromatic carbocycles. The Labute approximate surface area is 209 Å². The van der Waals surface area contributed by atoms with Crippen LogP contribution in [0.5, 0.6) is 0 Å². The topological polar surface area (TPSA) is 97.5 Å². The number of aryl methyl sites for hydroxylation is 1. The SMILES string of the molecule is Cc1nc(N[C@H](C)c2cccc(C(F)F)c2F)c2cc(C(=O)N3CCC4(COC4)C3)c3ncnn3c2n1. The first-order valence-electron chi connectivity index (χ1n) is 12.0. The molecule has 0 radical (unpaired) electrons. The van der Waals surface area contributed by atoms with Crippen molar-refractivity contribution in [2.24, 2.45) is 5.41 Å². The zero-order chi connectivity index (χ0) is 25.9. The lowest BCUT2D eigenvalue weighted by Crippen LogP contribution is -2.45. The van der Waals surface area contributed by atoms with Crippen molar-refractivity contribution in [3.8, 4) is 0 Å². The van der Waals surface area contributed by atoms with E-state index in [0.717, 1.165) is 12.5 Å². The van der Waals surface area contributed by atoms with E-state index in [1.54, 1.807) is 24.8 Å². The van der Waals surface area contributed by atoms with Gasteiger partial charge >= 0.3 is 0 Å². The van der Waals surface area contributed by atoms with E-state index in [1.165, 1.54) is 23.0 Å². The number of carbonyl (C=O) groups excluding carboxylic acids is 1. The number of nitrogens with zero attached hydrogens (tertiary/aromatic N) is 6. The van der Waals surface area contributed by atoms with E-state index in [9.17, 15) is 18.0 Å². The molecule has 3 aromatic heterocycles. The number of anilines is 1. The number of nitrogens with one attached hydrogen (secondary N) is 1. The summed E-state index contributed by atoms with van der Waals surface area (Å²) in [5.41, 5.74) is 0.568. The molecule has 6 rings (SSSR count). The number of aromatic nitrogens is 5. The van der Waals surface area contributed by atoms with Crippen molar-refractivity contribution in [2.45, 2.75) is 32.7 Å². The van der Waals surface area contributed by atoms with Crippen molar-refractivity contribution in [2.75, 3.05) is 31.6 Å². The number of likely N-dealkylation sites (tertiary alicyclic amines) is 1. The molecule has 2 fully saturated rings. The number of fused-ring (bicyclic) bond motifs is 3. The molecule has 1 atom stereocenters. The fourth-order valence-electron chi connectivity index (χ4n) is 5.18. The van der Waals surface area contributed by atoms with E-state index in [0.29, 0.717) is 60.2 Å². The number of hydrogen-bond acceptors (Lipinski definition) is 7. The van der Waals surface area contributed by atoms with Crippen LogP contribution in [0.1, 0.15) is 53.1 Å². The molecule has 2 aliphatic heterocycles. The minimum Gasteiger partial charge on any atom is -0.380 e. The molecule has 37 heavy (non-hydrogen) atoms. The van der Waals surface area contributed by atoms with E-state index < -0.39 is 23.8 Å². The molecule has 1 amide bonds. The fraction of sp³-hybridized carbons (Fsp3) is 0.400. The molecule has 0 aliphatic carbocycles. The van der Waals surface area contributed by atoms with Crippen LogP contribution in [-0.4, -0.2) is 61.7 Å². The van der Waals surface area contributed by atoms with E-state index >= 15 is 0 Å². The summed E-state index contributed by atoms with van der Waals surface area (Å²) in [5, 5.41) is 7.90. The number of amides is 1. The lowest BCUT2D eigenvalue weighted by atomic mass is 9.85. The van der Waals surface area contributed by atoms with Gasteiger partial charge in [-0.3, -0.25) is 4.79 Å². The number of halogens is 3. The van der Waals surface area contributed by atoms with Gasteiger partial charge in [-0.25, -0.2) is 28.1 Å². The molecule has 12 heteroatoms. The summed E-state index contributed by atoms with van der Waals surface area (Å²) in [7, 11) is 0. The monoisotopic (exact) mass is 511 g/mol. The number of benzene rings is 1. The first-order chi connectivity index (χ1) is 17.8. The maximum Gasteiger partial charge on any atom is 0.266 e. The minimum absolute atomic E-state index is 0.0235. The Hall–Kier alpha value is -3.80. The van der Waals surface area contributed by atoms with Gasteiger partial charge in [0.05, 0.1) is 35.8 Å². The average molecular weight is 512 g/mol. The largest absolute Gasteiger partial charge is 0.380 e. The third-order valence-electron chi connectivity index (χ3n) is 7.20. The van der Waals surface area contributed by atoms with Gasteiger partial charge in [0, 0.05) is 24.1 Å². The summed E-state index contributed by atoms with van der Waals surface area (Å²) in [5.74, 6) is -0.413. The summed E-state index contributed by atoms with van der Waals surface area (Å²) in [6, 6.07) is 4.88. The molecule has 9 nitrogen and oxygen atoms in total. The van der Waals surface area contributed by atoms with Gasteiger partial charge in [-0.15, -0.1) is 0 Å². The number of alkyl halides is 2. The third kappa shape index (κ3) is 3.86. The molecule has 0 bridgehead atoms. The highest BCUT2D eigenvalue weighted by molar-refractivity contribution is 6.04. The second-order valence-electron chi connectivity index (χ2n) is 9.80. The first-order valence-corrected chi connectivity index (χ1v) is 12.0. The minimum atomic E-state index is -2.93. The van der Waals surface area contributed by atoms with Crippen LogP contribution < -0.4 is 5.32 Å². The highest BCUT2D eigenvalue weighted by Gasteiger charge is 2.46. The van der Waals surface area contributed by atoms with Crippen LogP contribution in [0.15, 0.2) is 30.6 Å². The van der Waals surface area contributed by atoms with Crippen molar-refractivity contribution >= 4 is 28.4 Å². The molecular weight excluding hydrogens is 487 g/mol. The van der Waals surface area contributed by atoms with Gasteiger partial charge < -0.3 is 15.0 Å². The van der Waals surface area contributed by atoms with Crippen LogP contribution in [0.25, 0.3) is 16.7 Å². The number of rotatable bonds is 5. The second-order valence-corrected chi connectivity index (χ2v) is 9.80. The summed E-state index contributed by atoms with van der Waals surface area (Å²) in [6.45, 7) is 5.87. The highest BCUT2D eigenvalue weighted by atomic mass is 19.3. The number of pyridine rings is 1. The number of ether oxygens (including phenoxy) is 1. The Morgan fingerprint density at radius 2 is 1.97 bits per heavy atom. The lowest BCUT2D eigenvalue weighted by Gasteiger charge is -2.37. The Kier molecular flexibility index (Phi) is 5.51. The Morgan fingerprint density at radius 3 is 2.68 bits per heavy atom. The van der Waals surface area contributed by atoms with Gasteiger partial charge in [-0.2, -0.15) is 9.61 Å². The average Bonchev–Trinajstić information content (AvgIpc) is 3.51. The molecule has 192 valence electrons. The van der Waals surface area contributed by atoms with Gasteiger partial charge in [-0.1, -0.05) is 18.2 Å². The van der Waals surface area contributed by atoms with Gasteiger partial charge in [0.1, 0.15) is 23.8 Å². The molecule has 4 aromatic rings. The summed E-state index contributed by atoms with van der Waals surface area (Å²) >= 11 is 0. The van der Waals surface area contributed by atoms with E-state index in [2.05, 4.69) is 25.4 Å². The van der Waals surface area contributed by atoms with Crippen molar-refractivity contribution in [1.82, 2.24) is 29.5 Å². The lowest BCUT2D eigenvalue weighted by molar-refractivity contribution is -0.103. The quantitative estimate of drug-likeness (QED) is 0.431. The Balaban J connectivity index is 1.42. The summed E-state index contributed by atoms with van der Waals surface area (Å²) in [4.78, 5) is 28.7. The normalized spacial score (nSPS) is 17.6. The van der Waals surface area contributed by atoms with Crippen LogP contribution >= 0.6 is 0 Å². The molecule has 1 spiro atoms. The number of hydrogen-bond donors (Lipinski definition) is 1. The molecular formula is C25H24F3N7O2. The van der Waals surface area contributed by atoms with Crippen LogP contribution in [0.3, 0.4) is 0 Å². The van der Waals surface area contributed by atoms with E-state index in [1.807, 2.05) is 0 Å². The maximum atomic E-state index is 14.8. The van der Waals surface area contributed by atoms with Crippen molar-refractivity contribution < 1.29 is 22.7 Å². The maximum absolute atomic E-state index is 14.8. The van der Waals surface area contributed by atoms with Crippen LogP contribution in [0.4, 0.5) is 19.0 Å². The smallest absolute Gasteiger partial charge is 0.266 e. The van der Waals surface area contributed by atoms with Gasteiger partial charge in [0.2, 0.25) is 0 Å². The Morgan fingerprint density at radius 1 is 1.19 bits per heavy atom. The summed E-state index contributed by atoms with van der Waals surface area (Å²) in [6.07, 6.45) is -0.694.